The number of carbonyl (C=O) groups excluding carboxylic acids is 2. The van der Waals surface area contributed by atoms with Crippen molar-refractivity contribution in [2.75, 3.05) is 4.90 Å². The summed E-state index contributed by atoms with van der Waals surface area (Å²) in [6, 6.07) is 24.5. The van der Waals surface area contributed by atoms with Gasteiger partial charge < -0.3 is 0 Å². The number of allylic oxidation sites excluding steroid dienone is 1. The highest BCUT2D eigenvalue weighted by atomic mass is 32.2. The zero-order chi connectivity index (χ0) is 17.9. The number of rotatable bonds is 3. The molecule has 0 fully saturated rings. The molecule has 4 rings (SSSR count). The van der Waals surface area contributed by atoms with E-state index in [0.29, 0.717) is 5.56 Å². The van der Waals surface area contributed by atoms with E-state index in [2.05, 4.69) is 0 Å². The van der Waals surface area contributed by atoms with Crippen LogP contribution in [0.5, 0.6) is 0 Å². The van der Waals surface area contributed by atoms with Crippen molar-refractivity contribution < 1.29 is 9.59 Å². The molecule has 4 heteroatoms. The summed E-state index contributed by atoms with van der Waals surface area (Å²) in [5.41, 5.74) is 2.22. The summed E-state index contributed by atoms with van der Waals surface area (Å²) < 4.78 is 0. The van der Waals surface area contributed by atoms with E-state index in [1.165, 1.54) is 12.2 Å². The maximum Gasteiger partial charge on any atom is 0.255 e. The van der Waals surface area contributed by atoms with E-state index >= 15 is 0 Å². The second kappa shape index (κ2) is 7.02. The van der Waals surface area contributed by atoms with Crippen LogP contribution in [0.4, 0.5) is 11.4 Å². The van der Waals surface area contributed by atoms with Gasteiger partial charge in [-0.3, -0.25) is 14.5 Å². The predicted octanol–water partition coefficient (Wildman–Crippen LogP) is 5.26. The van der Waals surface area contributed by atoms with Crippen LogP contribution in [0.1, 0.15) is 10.4 Å². The van der Waals surface area contributed by atoms with Gasteiger partial charge in [0.1, 0.15) is 0 Å². The number of anilines is 2. The Hall–Kier alpha value is -3.11. The minimum Gasteiger partial charge on any atom is -0.289 e. The van der Waals surface area contributed by atoms with Crippen molar-refractivity contribution in [3.05, 3.63) is 96.6 Å². The van der Waals surface area contributed by atoms with Gasteiger partial charge in [-0.15, -0.1) is 0 Å². The van der Waals surface area contributed by atoms with Crippen LogP contribution in [0.2, 0.25) is 0 Å². The largest absolute Gasteiger partial charge is 0.289 e. The van der Waals surface area contributed by atoms with Crippen molar-refractivity contribution in [2.24, 2.45) is 0 Å². The SMILES string of the molecule is O=C(C=CC(=O)N1c2ccccc2Sc2ccccc21)c1ccccc1. The minimum atomic E-state index is -0.241. The number of benzene rings is 3. The lowest BCUT2D eigenvalue weighted by molar-refractivity contribution is -0.113. The molecule has 26 heavy (non-hydrogen) atoms. The third kappa shape index (κ3) is 3.07. The molecule has 0 radical (unpaired) electrons. The molecule has 3 aromatic carbocycles. The Morgan fingerprint density at radius 2 is 1.23 bits per heavy atom. The molecular weight excluding hydrogens is 342 g/mol. The highest BCUT2D eigenvalue weighted by molar-refractivity contribution is 7.99. The van der Waals surface area contributed by atoms with E-state index in [1.807, 2.05) is 54.6 Å². The topological polar surface area (TPSA) is 37.4 Å². The summed E-state index contributed by atoms with van der Waals surface area (Å²) in [6.45, 7) is 0. The minimum absolute atomic E-state index is 0.188. The van der Waals surface area contributed by atoms with Gasteiger partial charge in [-0.2, -0.15) is 0 Å². The molecule has 126 valence electrons. The van der Waals surface area contributed by atoms with E-state index in [9.17, 15) is 9.59 Å². The third-order valence-corrected chi connectivity index (χ3v) is 5.22. The Kier molecular flexibility index (Phi) is 4.42. The first kappa shape index (κ1) is 16.4. The molecule has 1 amide bonds. The monoisotopic (exact) mass is 357 g/mol. The Balaban J connectivity index is 1.68. The molecule has 0 N–H and O–H groups in total. The van der Waals surface area contributed by atoms with Gasteiger partial charge in [0.15, 0.2) is 5.78 Å². The normalized spacial score (nSPS) is 12.5. The summed E-state index contributed by atoms with van der Waals surface area (Å²) in [4.78, 5) is 28.9. The van der Waals surface area contributed by atoms with Crippen molar-refractivity contribution in [1.82, 2.24) is 0 Å². The van der Waals surface area contributed by atoms with Crippen molar-refractivity contribution >= 4 is 34.8 Å². The molecule has 3 aromatic rings. The number of ketones is 1. The van der Waals surface area contributed by atoms with E-state index in [1.54, 1.807) is 40.9 Å². The van der Waals surface area contributed by atoms with Crippen molar-refractivity contribution in [2.45, 2.75) is 9.79 Å². The number of hydrogen-bond acceptors (Lipinski definition) is 3. The highest BCUT2D eigenvalue weighted by Gasteiger charge is 2.26. The second-order valence-corrected chi connectivity index (χ2v) is 6.86. The number of hydrogen-bond donors (Lipinski definition) is 0. The first-order chi connectivity index (χ1) is 12.7. The molecule has 3 nitrogen and oxygen atoms in total. The molecule has 1 heterocycles. The quantitative estimate of drug-likeness (QED) is 0.474. The molecule has 1 aliphatic heterocycles. The Bertz CT molecular complexity index is 966. The molecule has 0 unspecified atom stereocenters. The van der Waals surface area contributed by atoms with Gasteiger partial charge in [0.2, 0.25) is 0 Å². The maximum absolute atomic E-state index is 12.9. The van der Waals surface area contributed by atoms with Crippen LogP contribution in [0.15, 0.2) is 101 Å². The summed E-state index contributed by atoms with van der Waals surface area (Å²) in [6.07, 6.45) is 2.68. The standard InChI is InChI=1S/C22H15NO2S/c24-19(16-8-2-1-3-9-16)14-15-22(25)23-17-10-4-6-12-20(17)26-21-13-7-5-11-18(21)23/h1-15H. The molecule has 0 atom stereocenters. The van der Waals surface area contributed by atoms with Crippen LogP contribution in [0, 0.1) is 0 Å². The van der Waals surface area contributed by atoms with Crippen molar-refractivity contribution in [3.8, 4) is 0 Å². The zero-order valence-electron chi connectivity index (χ0n) is 13.8. The maximum atomic E-state index is 12.9. The first-order valence-electron chi connectivity index (χ1n) is 8.21. The van der Waals surface area contributed by atoms with Crippen LogP contribution in [-0.4, -0.2) is 11.7 Å². The molecule has 0 aliphatic carbocycles. The molecule has 0 bridgehead atoms. The van der Waals surface area contributed by atoms with Crippen LogP contribution in [0.25, 0.3) is 0 Å². The van der Waals surface area contributed by atoms with Gasteiger partial charge in [0, 0.05) is 21.4 Å². The van der Waals surface area contributed by atoms with Gasteiger partial charge in [-0.05, 0) is 30.3 Å². The molecule has 0 saturated heterocycles. The van der Waals surface area contributed by atoms with E-state index < -0.39 is 0 Å². The molecule has 1 aliphatic rings. The fourth-order valence-electron chi connectivity index (χ4n) is 2.86. The summed E-state index contributed by atoms with van der Waals surface area (Å²) in [7, 11) is 0. The highest BCUT2D eigenvalue weighted by Crippen LogP contribution is 2.47. The average Bonchev–Trinajstić information content (AvgIpc) is 2.70. The lowest BCUT2D eigenvalue weighted by atomic mass is 10.1. The van der Waals surface area contributed by atoms with Crippen molar-refractivity contribution in [3.63, 3.8) is 0 Å². The first-order valence-corrected chi connectivity index (χ1v) is 9.03. The van der Waals surface area contributed by atoms with Gasteiger partial charge in [-0.1, -0.05) is 66.4 Å². The smallest absolute Gasteiger partial charge is 0.255 e. The van der Waals surface area contributed by atoms with Crippen molar-refractivity contribution in [1.29, 1.82) is 0 Å². The number of para-hydroxylation sites is 2. The number of nitrogens with zero attached hydrogens (tertiary/aromatic N) is 1. The van der Waals surface area contributed by atoms with Crippen LogP contribution in [0.3, 0.4) is 0 Å². The fraction of sp³-hybridized carbons (Fsp3) is 0. The van der Waals surface area contributed by atoms with Gasteiger partial charge in [0.05, 0.1) is 11.4 Å². The Labute approximate surface area is 156 Å². The third-order valence-electron chi connectivity index (χ3n) is 4.09. The molecule has 0 aromatic heterocycles. The summed E-state index contributed by atoms with van der Waals surface area (Å²) >= 11 is 1.64. The number of carbonyl (C=O) groups is 2. The fourth-order valence-corrected chi connectivity index (χ4v) is 3.92. The van der Waals surface area contributed by atoms with Crippen LogP contribution < -0.4 is 4.90 Å². The van der Waals surface area contributed by atoms with Gasteiger partial charge in [-0.25, -0.2) is 0 Å². The van der Waals surface area contributed by atoms with Gasteiger partial charge in [0.25, 0.3) is 5.91 Å². The van der Waals surface area contributed by atoms with E-state index in [0.717, 1.165) is 21.2 Å². The Morgan fingerprint density at radius 1 is 0.692 bits per heavy atom. The van der Waals surface area contributed by atoms with Crippen LogP contribution >= 0.6 is 11.8 Å². The molecule has 0 spiro atoms. The van der Waals surface area contributed by atoms with Gasteiger partial charge >= 0.3 is 0 Å². The lowest BCUT2D eigenvalue weighted by Gasteiger charge is -2.30. The van der Waals surface area contributed by atoms with Crippen LogP contribution in [-0.2, 0) is 4.79 Å². The summed E-state index contributed by atoms with van der Waals surface area (Å²) in [5, 5.41) is 0. The lowest BCUT2D eigenvalue weighted by Crippen LogP contribution is -2.26. The summed E-state index contributed by atoms with van der Waals surface area (Å²) in [5.74, 6) is -0.429. The number of amides is 1. The number of fused-ring (bicyclic) bond motifs is 2. The van der Waals surface area contributed by atoms with E-state index in [4.69, 9.17) is 0 Å². The average molecular weight is 357 g/mol. The van der Waals surface area contributed by atoms with E-state index in [-0.39, 0.29) is 11.7 Å². The Morgan fingerprint density at radius 3 is 1.85 bits per heavy atom. The second-order valence-electron chi connectivity index (χ2n) is 5.77. The zero-order valence-corrected chi connectivity index (χ0v) is 14.6. The molecule has 0 saturated carbocycles. The molecular formula is C22H15NO2S. The predicted molar refractivity (Wildman–Crippen MR) is 104 cm³/mol.